The number of halogens is 1. The molecule has 1 fully saturated rings. The van der Waals surface area contributed by atoms with Crippen LogP contribution in [-0.2, 0) is 11.2 Å². The molecule has 1 aliphatic rings. The Labute approximate surface area is 159 Å². The van der Waals surface area contributed by atoms with Crippen LogP contribution in [0.25, 0.3) is 0 Å². The van der Waals surface area contributed by atoms with E-state index in [9.17, 15) is 4.79 Å². The van der Waals surface area contributed by atoms with Crippen LogP contribution in [0.3, 0.4) is 0 Å². The molecule has 0 aliphatic carbocycles. The highest BCUT2D eigenvalue weighted by Crippen LogP contribution is 2.34. The number of hydrogen-bond acceptors (Lipinski definition) is 4. The summed E-state index contributed by atoms with van der Waals surface area (Å²) >= 11 is 5.97. The van der Waals surface area contributed by atoms with Gasteiger partial charge in [0.25, 0.3) is 0 Å². The summed E-state index contributed by atoms with van der Waals surface area (Å²) < 4.78 is 5.57. The van der Waals surface area contributed by atoms with Gasteiger partial charge in [0.15, 0.2) is 0 Å². The third-order valence-electron chi connectivity index (χ3n) is 4.33. The largest absolute Gasteiger partial charge is 0.444 e. The zero-order valence-corrected chi connectivity index (χ0v) is 16.2. The molecule has 2 heterocycles. The molecule has 1 unspecified atom stereocenters. The fourth-order valence-corrected chi connectivity index (χ4v) is 3.34. The van der Waals surface area contributed by atoms with Crippen LogP contribution in [-0.4, -0.2) is 33.1 Å². The number of ether oxygens (including phenoxy) is 1. The summed E-state index contributed by atoms with van der Waals surface area (Å²) in [5.41, 5.74) is 2.54. The summed E-state index contributed by atoms with van der Waals surface area (Å²) in [6.07, 6.45) is 5.62. The summed E-state index contributed by atoms with van der Waals surface area (Å²) in [5.74, 6) is 0. The number of aromatic nitrogens is 2. The van der Waals surface area contributed by atoms with Gasteiger partial charge in [0.05, 0.1) is 11.7 Å². The molecule has 0 bridgehead atoms. The second kappa shape index (κ2) is 7.62. The fourth-order valence-electron chi connectivity index (χ4n) is 3.22. The van der Waals surface area contributed by atoms with Gasteiger partial charge in [-0.25, -0.2) is 14.8 Å². The highest BCUT2D eigenvalue weighted by molar-refractivity contribution is 6.30. The SMILES string of the molecule is CC(C)(C)OC(=O)N1CCCC1c1ncncc1Cc1ccc(Cl)cc1. The molecule has 1 aromatic heterocycles. The Balaban J connectivity index is 1.84. The number of rotatable bonds is 3. The lowest BCUT2D eigenvalue weighted by Crippen LogP contribution is -2.37. The van der Waals surface area contributed by atoms with Crippen LogP contribution in [0.15, 0.2) is 36.8 Å². The molecule has 3 rings (SSSR count). The summed E-state index contributed by atoms with van der Waals surface area (Å²) in [6, 6.07) is 7.68. The van der Waals surface area contributed by atoms with E-state index in [2.05, 4.69) is 9.97 Å². The number of likely N-dealkylation sites (tertiary alicyclic amines) is 1. The van der Waals surface area contributed by atoms with Gasteiger partial charge in [-0.15, -0.1) is 0 Å². The third kappa shape index (κ3) is 4.52. The van der Waals surface area contributed by atoms with E-state index in [-0.39, 0.29) is 12.1 Å². The molecule has 138 valence electrons. The van der Waals surface area contributed by atoms with E-state index in [1.807, 2.05) is 51.2 Å². The van der Waals surface area contributed by atoms with Crippen molar-refractivity contribution in [3.63, 3.8) is 0 Å². The van der Waals surface area contributed by atoms with Crippen LogP contribution in [0.2, 0.25) is 5.02 Å². The topological polar surface area (TPSA) is 55.3 Å². The molecule has 26 heavy (non-hydrogen) atoms. The van der Waals surface area contributed by atoms with Crippen molar-refractivity contribution in [3.05, 3.63) is 58.6 Å². The van der Waals surface area contributed by atoms with Gasteiger partial charge in [-0.1, -0.05) is 23.7 Å². The Kier molecular flexibility index (Phi) is 5.47. The number of benzene rings is 1. The quantitative estimate of drug-likeness (QED) is 0.775. The third-order valence-corrected chi connectivity index (χ3v) is 4.58. The molecule has 1 amide bonds. The predicted octanol–water partition coefficient (Wildman–Crippen LogP) is 4.79. The summed E-state index contributed by atoms with van der Waals surface area (Å²) in [5, 5.41) is 0.713. The maximum absolute atomic E-state index is 12.6. The van der Waals surface area contributed by atoms with Crippen LogP contribution in [0.1, 0.15) is 56.5 Å². The van der Waals surface area contributed by atoms with Crippen LogP contribution in [0.4, 0.5) is 4.79 Å². The highest BCUT2D eigenvalue weighted by Gasteiger charge is 2.35. The molecular formula is C20H24ClN3O2. The monoisotopic (exact) mass is 373 g/mol. The van der Waals surface area contributed by atoms with Crippen molar-refractivity contribution >= 4 is 17.7 Å². The van der Waals surface area contributed by atoms with Crippen molar-refractivity contribution in [3.8, 4) is 0 Å². The Hall–Kier alpha value is -2.14. The summed E-state index contributed by atoms with van der Waals surface area (Å²) in [6.45, 7) is 6.33. The van der Waals surface area contributed by atoms with Crippen molar-refractivity contribution < 1.29 is 9.53 Å². The van der Waals surface area contributed by atoms with Crippen LogP contribution >= 0.6 is 11.6 Å². The highest BCUT2D eigenvalue weighted by atomic mass is 35.5. The molecule has 0 radical (unpaired) electrons. The van der Waals surface area contributed by atoms with Crippen LogP contribution < -0.4 is 0 Å². The van der Waals surface area contributed by atoms with E-state index in [0.717, 1.165) is 29.7 Å². The number of amides is 1. The lowest BCUT2D eigenvalue weighted by atomic mass is 10.00. The van der Waals surface area contributed by atoms with Gasteiger partial charge in [0, 0.05) is 24.2 Å². The van der Waals surface area contributed by atoms with Crippen molar-refractivity contribution in [2.45, 2.75) is 51.7 Å². The van der Waals surface area contributed by atoms with Crippen molar-refractivity contribution in [2.24, 2.45) is 0 Å². The first kappa shape index (κ1) is 18.6. The van der Waals surface area contributed by atoms with Gasteiger partial charge in [0.1, 0.15) is 11.9 Å². The molecule has 1 aliphatic heterocycles. The Morgan fingerprint density at radius 1 is 1.31 bits per heavy atom. The molecule has 0 saturated carbocycles. The van der Waals surface area contributed by atoms with Gasteiger partial charge in [0.2, 0.25) is 0 Å². The molecule has 1 aromatic carbocycles. The number of hydrogen-bond donors (Lipinski definition) is 0. The molecule has 1 atom stereocenters. The van der Waals surface area contributed by atoms with Crippen molar-refractivity contribution in [1.29, 1.82) is 0 Å². The Bertz CT molecular complexity index is 771. The predicted molar refractivity (Wildman–Crippen MR) is 101 cm³/mol. The van der Waals surface area contributed by atoms with Gasteiger partial charge < -0.3 is 4.74 Å². The minimum Gasteiger partial charge on any atom is -0.444 e. The lowest BCUT2D eigenvalue weighted by molar-refractivity contribution is 0.0221. The molecule has 6 heteroatoms. The number of carbonyl (C=O) groups excluding carboxylic acids is 1. The first-order valence-corrected chi connectivity index (χ1v) is 9.24. The lowest BCUT2D eigenvalue weighted by Gasteiger charge is -2.29. The van der Waals surface area contributed by atoms with E-state index in [1.165, 1.54) is 0 Å². The maximum Gasteiger partial charge on any atom is 0.410 e. The minimum absolute atomic E-state index is 0.0739. The molecule has 5 nitrogen and oxygen atoms in total. The smallest absolute Gasteiger partial charge is 0.410 e. The van der Waals surface area contributed by atoms with Crippen molar-refractivity contribution in [1.82, 2.24) is 14.9 Å². The Morgan fingerprint density at radius 3 is 2.73 bits per heavy atom. The zero-order chi connectivity index (χ0) is 18.7. The second-order valence-corrected chi connectivity index (χ2v) is 8.00. The number of nitrogens with zero attached hydrogens (tertiary/aromatic N) is 3. The Morgan fingerprint density at radius 2 is 2.04 bits per heavy atom. The first-order valence-electron chi connectivity index (χ1n) is 8.86. The normalized spacial score (nSPS) is 17.4. The van der Waals surface area contributed by atoms with E-state index in [0.29, 0.717) is 18.0 Å². The van der Waals surface area contributed by atoms with Crippen molar-refractivity contribution in [2.75, 3.05) is 6.54 Å². The van der Waals surface area contributed by atoms with Gasteiger partial charge in [-0.3, -0.25) is 4.90 Å². The molecule has 0 spiro atoms. The van der Waals surface area contributed by atoms with E-state index >= 15 is 0 Å². The average Bonchev–Trinajstić information content (AvgIpc) is 3.05. The standard InChI is InChI=1S/C20H24ClN3O2/c1-20(2,3)26-19(25)24-10-4-5-17(24)18-15(12-22-13-23-18)11-14-6-8-16(21)9-7-14/h6-9,12-13,17H,4-5,10-11H2,1-3H3. The number of carbonyl (C=O) groups is 1. The van der Waals surface area contributed by atoms with Crippen LogP contribution in [0.5, 0.6) is 0 Å². The molecule has 1 saturated heterocycles. The zero-order valence-electron chi connectivity index (χ0n) is 15.4. The molecule has 2 aromatic rings. The van der Waals surface area contributed by atoms with Gasteiger partial charge in [-0.05, 0) is 56.9 Å². The second-order valence-electron chi connectivity index (χ2n) is 7.57. The van der Waals surface area contributed by atoms with Gasteiger partial charge in [-0.2, -0.15) is 0 Å². The minimum atomic E-state index is -0.512. The van der Waals surface area contributed by atoms with Gasteiger partial charge >= 0.3 is 6.09 Å². The van der Waals surface area contributed by atoms with Crippen LogP contribution in [0, 0.1) is 0 Å². The average molecular weight is 374 g/mol. The van der Waals surface area contributed by atoms with E-state index < -0.39 is 5.60 Å². The first-order chi connectivity index (χ1) is 12.3. The molecule has 0 N–H and O–H groups in total. The van der Waals surface area contributed by atoms with E-state index in [1.54, 1.807) is 11.2 Å². The fraction of sp³-hybridized carbons (Fsp3) is 0.450. The summed E-state index contributed by atoms with van der Waals surface area (Å²) in [4.78, 5) is 23.1. The molecular weight excluding hydrogens is 350 g/mol. The summed E-state index contributed by atoms with van der Waals surface area (Å²) in [7, 11) is 0. The van der Waals surface area contributed by atoms with E-state index in [4.69, 9.17) is 16.3 Å². The maximum atomic E-state index is 12.6.